The Kier molecular flexibility index (Phi) is 5.83. The summed E-state index contributed by atoms with van der Waals surface area (Å²) < 4.78 is 0. The van der Waals surface area contributed by atoms with Crippen LogP contribution in [0.15, 0.2) is 60.7 Å². The lowest BCUT2D eigenvalue weighted by atomic mass is 10.2. The molecule has 1 aliphatic rings. The molecule has 6 heteroatoms. The summed E-state index contributed by atoms with van der Waals surface area (Å²) in [4.78, 5) is 4.43. The van der Waals surface area contributed by atoms with Gasteiger partial charge in [0, 0.05) is 37.1 Å². The summed E-state index contributed by atoms with van der Waals surface area (Å²) in [6.45, 7) is 4.71. The first-order valence-electron chi connectivity index (χ1n) is 8.37. The van der Waals surface area contributed by atoms with Gasteiger partial charge in [-0.05, 0) is 55.6 Å². The van der Waals surface area contributed by atoms with Gasteiger partial charge in [-0.1, -0.05) is 36.4 Å². The number of nitrogens with zero attached hydrogens (tertiary/aromatic N) is 2. The Labute approximate surface area is 159 Å². The Morgan fingerprint density at radius 3 is 1.88 bits per heavy atom. The lowest BCUT2D eigenvalue weighted by Gasteiger charge is -2.42. The molecule has 2 N–H and O–H groups in total. The number of piperazine rings is 1. The van der Waals surface area contributed by atoms with Crippen LogP contribution in [0.2, 0.25) is 0 Å². The molecule has 1 heterocycles. The third kappa shape index (κ3) is 4.67. The number of anilines is 2. The predicted molar refractivity (Wildman–Crippen MR) is 113 cm³/mol. The fourth-order valence-corrected chi connectivity index (χ4v) is 3.56. The maximum atomic E-state index is 5.59. The van der Waals surface area contributed by atoms with Crippen LogP contribution in [-0.4, -0.2) is 45.7 Å². The number of thiocarbonyl (C=S) groups is 2. The molecule has 0 spiro atoms. The summed E-state index contributed by atoms with van der Waals surface area (Å²) in [5.74, 6) is 0. The Balaban J connectivity index is 1.55. The van der Waals surface area contributed by atoms with Crippen molar-refractivity contribution in [2.45, 2.75) is 13.0 Å². The van der Waals surface area contributed by atoms with E-state index in [0.717, 1.165) is 41.2 Å². The van der Waals surface area contributed by atoms with Gasteiger partial charge in [0.1, 0.15) is 0 Å². The molecule has 25 heavy (non-hydrogen) atoms. The van der Waals surface area contributed by atoms with E-state index >= 15 is 0 Å². The Hall–Kier alpha value is -2.18. The monoisotopic (exact) mass is 370 g/mol. The van der Waals surface area contributed by atoms with E-state index in [2.05, 4.69) is 27.4 Å². The summed E-state index contributed by atoms with van der Waals surface area (Å²) in [6, 6.07) is 20.4. The third-order valence-electron chi connectivity index (χ3n) is 4.23. The minimum absolute atomic E-state index is 0.285. The van der Waals surface area contributed by atoms with Crippen molar-refractivity contribution in [3.63, 3.8) is 0 Å². The van der Waals surface area contributed by atoms with Crippen molar-refractivity contribution < 1.29 is 0 Å². The topological polar surface area (TPSA) is 30.5 Å². The normalized spacial score (nSPS) is 17.1. The highest BCUT2D eigenvalue weighted by Crippen LogP contribution is 2.15. The number of rotatable bonds is 2. The van der Waals surface area contributed by atoms with E-state index in [4.69, 9.17) is 24.4 Å². The first kappa shape index (κ1) is 17.6. The summed E-state index contributed by atoms with van der Waals surface area (Å²) in [5.41, 5.74) is 2.03. The van der Waals surface area contributed by atoms with Gasteiger partial charge in [0.2, 0.25) is 0 Å². The van der Waals surface area contributed by atoms with Crippen LogP contribution in [-0.2, 0) is 0 Å². The van der Waals surface area contributed by atoms with E-state index in [0.29, 0.717) is 0 Å². The molecule has 0 bridgehead atoms. The van der Waals surface area contributed by atoms with E-state index in [1.165, 1.54) is 0 Å². The number of benzene rings is 2. The molecule has 1 fully saturated rings. The zero-order valence-electron chi connectivity index (χ0n) is 14.2. The maximum Gasteiger partial charge on any atom is 0.173 e. The second-order valence-corrected chi connectivity index (χ2v) is 6.85. The Morgan fingerprint density at radius 1 is 0.840 bits per heavy atom. The fourth-order valence-electron chi connectivity index (χ4n) is 2.88. The van der Waals surface area contributed by atoms with E-state index < -0.39 is 0 Å². The molecule has 0 unspecified atom stereocenters. The second kappa shape index (κ2) is 8.27. The lowest BCUT2D eigenvalue weighted by molar-refractivity contribution is 0.200. The molecule has 130 valence electrons. The highest BCUT2D eigenvalue weighted by Gasteiger charge is 2.26. The molecule has 3 rings (SSSR count). The van der Waals surface area contributed by atoms with E-state index in [9.17, 15) is 0 Å². The molecule has 1 atom stereocenters. The predicted octanol–water partition coefficient (Wildman–Crippen LogP) is 3.79. The van der Waals surface area contributed by atoms with Gasteiger partial charge in [-0.2, -0.15) is 0 Å². The summed E-state index contributed by atoms with van der Waals surface area (Å²) >= 11 is 11.2. The smallest absolute Gasteiger partial charge is 0.173 e. The van der Waals surface area contributed by atoms with Gasteiger partial charge < -0.3 is 20.4 Å². The van der Waals surface area contributed by atoms with Crippen LogP contribution < -0.4 is 10.6 Å². The number of hydrogen-bond donors (Lipinski definition) is 2. The zero-order chi connectivity index (χ0) is 17.6. The molecular formula is C19H22N4S2. The van der Waals surface area contributed by atoms with Gasteiger partial charge >= 0.3 is 0 Å². The van der Waals surface area contributed by atoms with Crippen molar-refractivity contribution in [2.24, 2.45) is 0 Å². The molecule has 0 aliphatic carbocycles. The molecule has 1 saturated heterocycles. The Bertz CT molecular complexity index is 721. The number of para-hydroxylation sites is 2. The third-order valence-corrected chi connectivity index (χ3v) is 4.92. The molecular weight excluding hydrogens is 348 g/mol. The molecule has 0 aromatic heterocycles. The fraction of sp³-hybridized carbons (Fsp3) is 0.263. The van der Waals surface area contributed by atoms with Crippen molar-refractivity contribution in [2.75, 3.05) is 30.3 Å². The minimum Gasteiger partial charge on any atom is -0.345 e. The molecule has 2 aromatic rings. The molecule has 0 amide bonds. The van der Waals surface area contributed by atoms with E-state index in [1.807, 2.05) is 60.7 Å². The molecule has 1 aliphatic heterocycles. The average Bonchev–Trinajstić information content (AvgIpc) is 2.63. The van der Waals surface area contributed by atoms with Crippen LogP contribution in [0.5, 0.6) is 0 Å². The molecule has 0 saturated carbocycles. The van der Waals surface area contributed by atoms with Crippen LogP contribution in [0.25, 0.3) is 0 Å². The average molecular weight is 371 g/mol. The van der Waals surface area contributed by atoms with Crippen LogP contribution >= 0.6 is 24.4 Å². The largest absolute Gasteiger partial charge is 0.345 e. The Morgan fingerprint density at radius 2 is 1.36 bits per heavy atom. The van der Waals surface area contributed by atoms with Crippen molar-refractivity contribution in [3.8, 4) is 0 Å². The first-order valence-corrected chi connectivity index (χ1v) is 9.19. The standard InChI is InChI=1S/C19H22N4S2/c1-15-14-22(18(24)20-16-8-4-2-5-9-16)12-13-23(15)19(25)21-17-10-6-3-7-11-17/h2-11,15H,12-14H2,1H3,(H,20,24)(H,21,25)/t15-/m0/s1. The van der Waals surface area contributed by atoms with Gasteiger partial charge in [-0.25, -0.2) is 0 Å². The van der Waals surface area contributed by atoms with Crippen molar-refractivity contribution >= 4 is 46.0 Å². The van der Waals surface area contributed by atoms with Crippen LogP contribution in [0.4, 0.5) is 11.4 Å². The van der Waals surface area contributed by atoms with Crippen molar-refractivity contribution in [3.05, 3.63) is 60.7 Å². The van der Waals surface area contributed by atoms with Gasteiger partial charge in [0.05, 0.1) is 0 Å². The van der Waals surface area contributed by atoms with Crippen molar-refractivity contribution in [1.82, 2.24) is 9.80 Å². The first-order chi connectivity index (χ1) is 12.1. The second-order valence-electron chi connectivity index (χ2n) is 6.08. The quantitative estimate of drug-likeness (QED) is 0.782. The van der Waals surface area contributed by atoms with Crippen LogP contribution in [0.3, 0.4) is 0 Å². The van der Waals surface area contributed by atoms with Gasteiger partial charge in [-0.3, -0.25) is 0 Å². The highest BCUT2D eigenvalue weighted by molar-refractivity contribution is 7.80. The molecule has 2 aromatic carbocycles. The summed E-state index contributed by atoms with van der Waals surface area (Å²) in [6.07, 6.45) is 0. The summed E-state index contributed by atoms with van der Waals surface area (Å²) in [7, 11) is 0. The van der Waals surface area contributed by atoms with E-state index in [-0.39, 0.29) is 6.04 Å². The minimum atomic E-state index is 0.285. The highest BCUT2D eigenvalue weighted by atomic mass is 32.1. The summed E-state index contributed by atoms with van der Waals surface area (Å²) in [5, 5.41) is 8.15. The number of hydrogen-bond acceptors (Lipinski definition) is 2. The van der Waals surface area contributed by atoms with Crippen LogP contribution in [0.1, 0.15) is 6.92 Å². The molecule has 0 radical (unpaired) electrons. The zero-order valence-corrected chi connectivity index (χ0v) is 15.8. The lowest BCUT2D eigenvalue weighted by Crippen LogP contribution is -2.57. The van der Waals surface area contributed by atoms with Gasteiger partial charge in [0.15, 0.2) is 10.2 Å². The van der Waals surface area contributed by atoms with Crippen LogP contribution in [0, 0.1) is 0 Å². The van der Waals surface area contributed by atoms with Gasteiger partial charge in [0.25, 0.3) is 0 Å². The van der Waals surface area contributed by atoms with Gasteiger partial charge in [-0.15, -0.1) is 0 Å². The molecule has 4 nitrogen and oxygen atoms in total. The number of nitrogens with one attached hydrogen (secondary N) is 2. The maximum absolute atomic E-state index is 5.59. The van der Waals surface area contributed by atoms with Crippen molar-refractivity contribution in [1.29, 1.82) is 0 Å². The van der Waals surface area contributed by atoms with E-state index in [1.54, 1.807) is 0 Å². The SMILES string of the molecule is C[C@H]1CN(C(=S)Nc2ccccc2)CCN1C(=S)Nc1ccccc1.